The summed E-state index contributed by atoms with van der Waals surface area (Å²) in [5, 5.41) is 7.62. The van der Waals surface area contributed by atoms with Gasteiger partial charge in [-0.2, -0.15) is 9.97 Å². The van der Waals surface area contributed by atoms with E-state index in [0.29, 0.717) is 22.6 Å². The molecule has 7 nitrogen and oxygen atoms in total. The first-order valence-electron chi connectivity index (χ1n) is 12.9. The molecule has 0 unspecified atom stereocenters. The van der Waals surface area contributed by atoms with E-state index in [2.05, 4.69) is 26.5 Å². The number of piperidine rings is 1. The van der Waals surface area contributed by atoms with Crippen LogP contribution < -0.4 is 20.4 Å². The highest BCUT2D eigenvalue weighted by Gasteiger charge is 2.19. The van der Waals surface area contributed by atoms with Crippen molar-refractivity contribution < 1.29 is 4.42 Å². The summed E-state index contributed by atoms with van der Waals surface area (Å²) in [5.41, 5.74) is 0.982. The second-order valence-corrected chi connectivity index (χ2v) is 10.3. The average Bonchev–Trinajstić information content (AvgIpc) is 3.21. The molecular weight excluding hydrogens is 492 g/mol. The summed E-state index contributed by atoms with van der Waals surface area (Å²) >= 11 is 11.6. The molecule has 2 saturated heterocycles. The maximum Gasteiger partial charge on any atom is 0.232 e. The molecule has 2 aliphatic rings. The number of halogens is 1. The molecule has 0 spiro atoms. The second kappa shape index (κ2) is 11.9. The van der Waals surface area contributed by atoms with Crippen LogP contribution in [0.5, 0.6) is 0 Å². The minimum atomic E-state index is 0.463. The smallest absolute Gasteiger partial charge is 0.232 e. The van der Waals surface area contributed by atoms with Gasteiger partial charge in [0.15, 0.2) is 5.11 Å². The zero-order chi connectivity index (χ0) is 24.7. The van der Waals surface area contributed by atoms with Crippen LogP contribution >= 0.6 is 23.8 Å². The zero-order valence-corrected chi connectivity index (χ0v) is 22.1. The first-order chi connectivity index (χ1) is 17.6. The number of hydrogen-bond acceptors (Lipinski definition) is 6. The standard InChI is InChI=1S/C27H33ClN6OS/c28-21-10-8-20(9-11-21)23-13-12-22(35-23)19-29-27(36)32-26-30-24(33-14-4-1-2-5-15-33)18-25(31-26)34-16-6-3-7-17-34/h8-13,18H,1-7,14-17,19H2,(H2,29,30,31,32,36). The van der Waals surface area contributed by atoms with E-state index in [1.165, 1.54) is 44.9 Å². The Morgan fingerprint density at radius 2 is 1.42 bits per heavy atom. The Hall–Kier alpha value is -2.84. The summed E-state index contributed by atoms with van der Waals surface area (Å²) in [6.07, 6.45) is 8.66. The third-order valence-corrected chi connectivity index (χ3v) is 7.25. The van der Waals surface area contributed by atoms with Crippen LogP contribution in [0.1, 0.15) is 50.7 Å². The summed E-state index contributed by atoms with van der Waals surface area (Å²) < 4.78 is 5.98. The summed E-state index contributed by atoms with van der Waals surface area (Å²) in [5.74, 6) is 4.08. The number of anilines is 3. The van der Waals surface area contributed by atoms with Crippen molar-refractivity contribution >= 4 is 46.5 Å². The molecule has 0 radical (unpaired) electrons. The predicted octanol–water partition coefficient (Wildman–Crippen LogP) is 6.25. The monoisotopic (exact) mass is 524 g/mol. The Bertz CT molecular complexity index is 1150. The zero-order valence-electron chi connectivity index (χ0n) is 20.5. The average molecular weight is 525 g/mol. The number of aromatic nitrogens is 2. The predicted molar refractivity (Wildman–Crippen MR) is 151 cm³/mol. The second-order valence-electron chi connectivity index (χ2n) is 9.44. The fraction of sp³-hybridized carbons (Fsp3) is 0.444. The van der Waals surface area contributed by atoms with Crippen molar-refractivity contribution in [3.8, 4) is 11.3 Å². The highest BCUT2D eigenvalue weighted by molar-refractivity contribution is 7.80. The van der Waals surface area contributed by atoms with Gasteiger partial charge in [0.05, 0.1) is 6.54 Å². The molecule has 4 heterocycles. The molecule has 0 atom stereocenters. The number of rotatable bonds is 6. The molecule has 0 aliphatic carbocycles. The summed E-state index contributed by atoms with van der Waals surface area (Å²) in [6, 6.07) is 13.7. The first kappa shape index (κ1) is 24.8. The van der Waals surface area contributed by atoms with E-state index >= 15 is 0 Å². The van der Waals surface area contributed by atoms with E-state index in [-0.39, 0.29) is 0 Å². The quantitative estimate of drug-likeness (QED) is 0.367. The number of nitrogens with one attached hydrogen (secondary N) is 2. The van der Waals surface area contributed by atoms with Gasteiger partial charge < -0.3 is 24.9 Å². The van der Waals surface area contributed by atoms with Crippen LogP contribution in [-0.4, -0.2) is 41.3 Å². The van der Waals surface area contributed by atoms with Gasteiger partial charge in [0.2, 0.25) is 5.95 Å². The maximum absolute atomic E-state index is 5.99. The van der Waals surface area contributed by atoms with Gasteiger partial charge in [0.1, 0.15) is 23.2 Å². The van der Waals surface area contributed by atoms with Crippen LogP contribution in [0.3, 0.4) is 0 Å². The first-order valence-corrected chi connectivity index (χ1v) is 13.7. The lowest BCUT2D eigenvalue weighted by Crippen LogP contribution is -2.33. The van der Waals surface area contributed by atoms with Crippen LogP contribution in [0, 0.1) is 0 Å². The summed E-state index contributed by atoms with van der Waals surface area (Å²) in [7, 11) is 0. The van der Waals surface area contributed by atoms with Crippen LogP contribution in [0.2, 0.25) is 5.02 Å². The lowest BCUT2D eigenvalue weighted by atomic mass is 10.1. The normalized spacial score (nSPS) is 16.5. The van der Waals surface area contributed by atoms with Gasteiger partial charge in [-0.25, -0.2) is 0 Å². The highest BCUT2D eigenvalue weighted by Crippen LogP contribution is 2.26. The molecule has 9 heteroatoms. The van der Waals surface area contributed by atoms with E-state index < -0.39 is 0 Å². The van der Waals surface area contributed by atoms with Gasteiger partial charge in [-0.3, -0.25) is 0 Å². The fourth-order valence-electron chi connectivity index (χ4n) is 4.78. The summed E-state index contributed by atoms with van der Waals surface area (Å²) in [6.45, 7) is 4.60. The van der Waals surface area contributed by atoms with E-state index in [4.69, 9.17) is 38.2 Å². The molecule has 2 aromatic heterocycles. The van der Waals surface area contributed by atoms with E-state index in [9.17, 15) is 0 Å². The SMILES string of the molecule is S=C(NCc1ccc(-c2ccc(Cl)cc2)o1)Nc1nc(N2CCCCCC2)cc(N2CCCCC2)n1. The molecule has 5 rings (SSSR count). The largest absolute Gasteiger partial charge is 0.459 e. The van der Waals surface area contributed by atoms with Crippen LogP contribution in [0.15, 0.2) is 46.9 Å². The third kappa shape index (κ3) is 6.48. The van der Waals surface area contributed by atoms with Gasteiger partial charge >= 0.3 is 0 Å². The number of thiocarbonyl (C=S) groups is 1. The molecule has 190 valence electrons. The van der Waals surface area contributed by atoms with Gasteiger partial charge in [-0.05, 0) is 80.7 Å². The number of nitrogens with zero attached hydrogens (tertiary/aromatic N) is 4. The molecular formula is C27H33ClN6OS. The maximum atomic E-state index is 5.99. The van der Waals surface area contributed by atoms with Gasteiger partial charge in [0.25, 0.3) is 0 Å². The van der Waals surface area contributed by atoms with E-state index in [1.54, 1.807) is 0 Å². The molecule has 3 aromatic rings. The van der Waals surface area contributed by atoms with Crippen molar-refractivity contribution in [1.82, 2.24) is 15.3 Å². The number of hydrogen-bond donors (Lipinski definition) is 2. The summed E-state index contributed by atoms with van der Waals surface area (Å²) in [4.78, 5) is 14.5. The van der Waals surface area contributed by atoms with Gasteiger partial charge in [-0.1, -0.05) is 24.4 Å². The van der Waals surface area contributed by atoms with E-state index in [0.717, 1.165) is 54.9 Å². The lowest BCUT2D eigenvalue weighted by Gasteiger charge is -2.29. The molecule has 36 heavy (non-hydrogen) atoms. The molecule has 0 saturated carbocycles. The molecule has 0 amide bonds. The Labute approximate surface area is 223 Å². The van der Waals surface area contributed by atoms with Crippen molar-refractivity contribution in [2.24, 2.45) is 0 Å². The van der Waals surface area contributed by atoms with Gasteiger partial charge in [0, 0.05) is 42.8 Å². The molecule has 2 N–H and O–H groups in total. The van der Waals surface area contributed by atoms with Crippen molar-refractivity contribution in [2.75, 3.05) is 41.3 Å². The highest BCUT2D eigenvalue weighted by atomic mass is 35.5. The minimum Gasteiger partial charge on any atom is -0.459 e. The van der Waals surface area contributed by atoms with Crippen molar-refractivity contribution in [1.29, 1.82) is 0 Å². The third-order valence-electron chi connectivity index (χ3n) is 6.75. The molecule has 1 aromatic carbocycles. The minimum absolute atomic E-state index is 0.463. The van der Waals surface area contributed by atoms with Crippen LogP contribution in [0.25, 0.3) is 11.3 Å². The Morgan fingerprint density at radius 3 is 2.03 bits per heavy atom. The number of benzene rings is 1. The Kier molecular flexibility index (Phi) is 8.23. The fourth-order valence-corrected chi connectivity index (χ4v) is 5.07. The van der Waals surface area contributed by atoms with Crippen LogP contribution in [0.4, 0.5) is 17.6 Å². The number of furan rings is 1. The van der Waals surface area contributed by atoms with Crippen molar-refractivity contribution in [2.45, 2.75) is 51.5 Å². The molecule has 2 aliphatic heterocycles. The lowest BCUT2D eigenvalue weighted by molar-refractivity contribution is 0.516. The molecule has 2 fully saturated rings. The van der Waals surface area contributed by atoms with Crippen LogP contribution in [-0.2, 0) is 6.54 Å². The Morgan fingerprint density at radius 1 is 0.833 bits per heavy atom. The Balaban J connectivity index is 1.26. The topological polar surface area (TPSA) is 69.5 Å². The van der Waals surface area contributed by atoms with Gasteiger partial charge in [-0.15, -0.1) is 0 Å². The van der Waals surface area contributed by atoms with E-state index in [1.807, 2.05) is 36.4 Å². The van der Waals surface area contributed by atoms with Crippen molar-refractivity contribution in [3.63, 3.8) is 0 Å². The van der Waals surface area contributed by atoms with Crippen molar-refractivity contribution in [3.05, 3.63) is 53.2 Å². The molecule has 0 bridgehead atoms.